The molecule has 2 aliphatic rings. The van der Waals surface area contributed by atoms with Crippen LogP contribution in [0.25, 0.3) is 11.2 Å². The molecule has 2 fully saturated rings. The summed E-state index contributed by atoms with van der Waals surface area (Å²) in [5, 5.41) is 17.1. The van der Waals surface area contributed by atoms with Gasteiger partial charge in [-0.2, -0.15) is 0 Å². The molecule has 0 saturated heterocycles. The third kappa shape index (κ3) is 3.03. The standard InChI is InChI=1S/C18H24ClN5O2/c1-9-11(18(26)20-2)5-13(25)16(9)24-8-22-15-12(21-7-10-3-4-10)6-14(19)23-17(15)24/h6,8-11,13,16,25H,3-5,7H2,1-2H3,(H,20,26)(H,21,23)/t9-,11?,13+,16?/m0/s1. The highest BCUT2D eigenvalue weighted by molar-refractivity contribution is 6.30. The van der Waals surface area contributed by atoms with E-state index in [1.807, 2.05) is 11.5 Å². The molecule has 2 aromatic rings. The van der Waals surface area contributed by atoms with E-state index >= 15 is 0 Å². The first kappa shape index (κ1) is 17.5. The van der Waals surface area contributed by atoms with E-state index in [0.29, 0.717) is 17.2 Å². The van der Waals surface area contributed by atoms with Crippen molar-refractivity contribution in [1.29, 1.82) is 0 Å². The van der Waals surface area contributed by atoms with Gasteiger partial charge in [-0.25, -0.2) is 9.97 Å². The molecular formula is C18H24ClN5O2. The average Bonchev–Trinajstić information content (AvgIpc) is 3.29. The number of carbonyl (C=O) groups excluding carboxylic acids is 1. The second-order valence-corrected chi connectivity index (χ2v) is 7.90. The van der Waals surface area contributed by atoms with E-state index in [2.05, 4.69) is 20.6 Å². The van der Waals surface area contributed by atoms with Crippen molar-refractivity contribution < 1.29 is 9.90 Å². The predicted molar refractivity (Wildman–Crippen MR) is 100 cm³/mol. The van der Waals surface area contributed by atoms with Gasteiger partial charge in [-0.15, -0.1) is 0 Å². The number of aromatic nitrogens is 3. The first-order chi connectivity index (χ1) is 12.5. The molecule has 2 heterocycles. The molecule has 2 aliphatic carbocycles. The molecule has 0 radical (unpaired) electrons. The molecule has 3 N–H and O–H groups in total. The molecule has 140 valence electrons. The quantitative estimate of drug-likeness (QED) is 0.695. The topological polar surface area (TPSA) is 92.1 Å². The second kappa shape index (κ2) is 6.70. The Hall–Kier alpha value is -1.86. The number of hydrogen-bond acceptors (Lipinski definition) is 5. The number of aliphatic hydroxyl groups is 1. The van der Waals surface area contributed by atoms with Crippen LogP contribution in [0.1, 0.15) is 32.2 Å². The zero-order valence-corrected chi connectivity index (χ0v) is 15.7. The molecule has 0 bridgehead atoms. The Bertz CT molecular complexity index is 834. The lowest BCUT2D eigenvalue weighted by atomic mass is 9.95. The molecule has 0 spiro atoms. The largest absolute Gasteiger partial charge is 0.391 e. The van der Waals surface area contributed by atoms with Crippen LogP contribution >= 0.6 is 11.6 Å². The van der Waals surface area contributed by atoms with E-state index in [0.717, 1.165) is 23.7 Å². The summed E-state index contributed by atoms with van der Waals surface area (Å²) in [5.74, 6) is 0.417. The summed E-state index contributed by atoms with van der Waals surface area (Å²) in [6.45, 7) is 2.90. The molecule has 0 aliphatic heterocycles. The first-order valence-electron chi connectivity index (χ1n) is 9.16. The van der Waals surface area contributed by atoms with Crippen molar-refractivity contribution in [3.8, 4) is 0 Å². The Morgan fingerprint density at radius 3 is 2.92 bits per heavy atom. The van der Waals surface area contributed by atoms with Gasteiger partial charge in [0, 0.05) is 25.6 Å². The number of halogens is 1. The summed E-state index contributed by atoms with van der Waals surface area (Å²) in [6.07, 6.45) is 4.02. The number of fused-ring (bicyclic) bond motifs is 1. The van der Waals surface area contributed by atoms with Gasteiger partial charge in [-0.05, 0) is 31.1 Å². The lowest BCUT2D eigenvalue weighted by molar-refractivity contribution is -0.125. The van der Waals surface area contributed by atoms with E-state index in [9.17, 15) is 9.90 Å². The molecule has 2 saturated carbocycles. The van der Waals surface area contributed by atoms with Crippen LogP contribution in [0.2, 0.25) is 5.15 Å². The van der Waals surface area contributed by atoms with E-state index in [-0.39, 0.29) is 23.8 Å². The van der Waals surface area contributed by atoms with Crippen LogP contribution in [-0.2, 0) is 4.79 Å². The second-order valence-electron chi connectivity index (χ2n) is 7.51. The Labute approximate surface area is 157 Å². The first-order valence-corrected chi connectivity index (χ1v) is 9.54. The lowest BCUT2D eigenvalue weighted by Crippen LogP contribution is -2.30. The van der Waals surface area contributed by atoms with Crippen molar-refractivity contribution in [1.82, 2.24) is 19.9 Å². The zero-order valence-electron chi connectivity index (χ0n) is 14.9. The molecule has 1 amide bonds. The normalized spacial score (nSPS) is 28.5. The van der Waals surface area contributed by atoms with Crippen LogP contribution < -0.4 is 10.6 Å². The van der Waals surface area contributed by atoms with Crippen LogP contribution in [0, 0.1) is 17.8 Å². The van der Waals surface area contributed by atoms with Gasteiger partial charge in [0.2, 0.25) is 5.91 Å². The van der Waals surface area contributed by atoms with E-state index in [1.54, 1.807) is 19.4 Å². The Kier molecular flexibility index (Phi) is 4.52. The minimum atomic E-state index is -0.631. The zero-order chi connectivity index (χ0) is 18.4. The third-order valence-electron chi connectivity index (χ3n) is 5.74. The van der Waals surface area contributed by atoms with E-state index in [1.165, 1.54) is 12.8 Å². The van der Waals surface area contributed by atoms with Gasteiger partial charge < -0.3 is 20.3 Å². The lowest BCUT2D eigenvalue weighted by Gasteiger charge is -2.23. The molecule has 26 heavy (non-hydrogen) atoms. The van der Waals surface area contributed by atoms with Gasteiger partial charge in [0.15, 0.2) is 5.65 Å². The summed E-state index contributed by atoms with van der Waals surface area (Å²) in [4.78, 5) is 21.1. The maximum atomic E-state index is 12.1. The van der Waals surface area contributed by atoms with E-state index in [4.69, 9.17) is 11.6 Å². The van der Waals surface area contributed by atoms with Crippen molar-refractivity contribution in [3.05, 3.63) is 17.5 Å². The summed E-state index contributed by atoms with van der Waals surface area (Å²) in [5.41, 5.74) is 2.26. The number of pyridine rings is 1. The minimum absolute atomic E-state index is 0.0361. The highest BCUT2D eigenvalue weighted by Gasteiger charge is 2.44. The maximum Gasteiger partial charge on any atom is 0.223 e. The Morgan fingerprint density at radius 2 is 2.23 bits per heavy atom. The Balaban J connectivity index is 1.69. The molecule has 8 heteroatoms. The summed E-state index contributed by atoms with van der Waals surface area (Å²) >= 11 is 6.25. The van der Waals surface area contributed by atoms with Crippen LogP contribution in [0.15, 0.2) is 12.4 Å². The van der Waals surface area contributed by atoms with Gasteiger partial charge >= 0.3 is 0 Å². The van der Waals surface area contributed by atoms with Crippen LogP contribution in [-0.4, -0.2) is 45.2 Å². The minimum Gasteiger partial charge on any atom is -0.391 e. The number of imidazole rings is 1. The fourth-order valence-electron chi connectivity index (χ4n) is 4.08. The van der Waals surface area contributed by atoms with Gasteiger partial charge in [0.05, 0.1) is 24.2 Å². The molecule has 7 nitrogen and oxygen atoms in total. The molecule has 4 atom stereocenters. The number of nitrogens with one attached hydrogen (secondary N) is 2. The predicted octanol–water partition coefficient (Wildman–Crippen LogP) is 2.21. The Morgan fingerprint density at radius 1 is 1.46 bits per heavy atom. The molecule has 0 aromatic carbocycles. The van der Waals surface area contributed by atoms with Crippen molar-refractivity contribution in [3.63, 3.8) is 0 Å². The SMILES string of the molecule is CNC(=O)C1C[C@@H](O)C(n2cnc3c(NCC4CC4)cc(Cl)nc32)[C@H]1C. The third-order valence-corrected chi connectivity index (χ3v) is 5.94. The summed E-state index contributed by atoms with van der Waals surface area (Å²) in [7, 11) is 1.63. The monoisotopic (exact) mass is 377 g/mol. The summed E-state index contributed by atoms with van der Waals surface area (Å²) in [6, 6.07) is 1.54. The van der Waals surface area contributed by atoms with Crippen molar-refractivity contribution in [2.75, 3.05) is 18.9 Å². The van der Waals surface area contributed by atoms with Crippen LogP contribution in [0.3, 0.4) is 0 Å². The highest BCUT2D eigenvalue weighted by atomic mass is 35.5. The highest BCUT2D eigenvalue weighted by Crippen LogP contribution is 2.42. The van der Waals surface area contributed by atoms with E-state index < -0.39 is 6.10 Å². The number of amides is 1. The van der Waals surface area contributed by atoms with Crippen molar-refractivity contribution in [2.45, 2.75) is 38.3 Å². The van der Waals surface area contributed by atoms with Gasteiger partial charge in [-0.3, -0.25) is 4.79 Å². The van der Waals surface area contributed by atoms with Crippen LogP contribution in [0.5, 0.6) is 0 Å². The molecule has 2 unspecified atom stereocenters. The number of anilines is 1. The van der Waals surface area contributed by atoms with Gasteiger partial charge in [0.1, 0.15) is 10.7 Å². The number of nitrogens with zero attached hydrogens (tertiary/aromatic N) is 3. The number of carbonyl (C=O) groups is 1. The smallest absolute Gasteiger partial charge is 0.223 e. The average molecular weight is 378 g/mol. The fraction of sp³-hybridized carbons (Fsp3) is 0.611. The fourth-order valence-corrected chi connectivity index (χ4v) is 4.27. The number of aliphatic hydroxyl groups excluding tert-OH is 1. The van der Waals surface area contributed by atoms with Gasteiger partial charge in [0.25, 0.3) is 0 Å². The van der Waals surface area contributed by atoms with Crippen LogP contribution in [0.4, 0.5) is 5.69 Å². The number of rotatable bonds is 5. The molecular weight excluding hydrogens is 354 g/mol. The van der Waals surface area contributed by atoms with Crippen molar-refractivity contribution in [2.24, 2.45) is 17.8 Å². The maximum absolute atomic E-state index is 12.1. The number of hydrogen-bond donors (Lipinski definition) is 3. The summed E-state index contributed by atoms with van der Waals surface area (Å²) < 4.78 is 1.88. The van der Waals surface area contributed by atoms with Gasteiger partial charge in [-0.1, -0.05) is 18.5 Å². The van der Waals surface area contributed by atoms with Crippen molar-refractivity contribution >= 4 is 34.4 Å². The molecule has 4 rings (SSSR count). The molecule has 2 aromatic heterocycles.